The van der Waals surface area contributed by atoms with Crippen LogP contribution in [0.1, 0.15) is 30.4 Å². The van der Waals surface area contributed by atoms with Crippen molar-refractivity contribution in [1.82, 2.24) is 4.90 Å². The summed E-state index contributed by atoms with van der Waals surface area (Å²) in [4.78, 5) is 2.35. The number of hydrogen-bond donors (Lipinski definition) is 0. The van der Waals surface area contributed by atoms with E-state index in [0.717, 1.165) is 32.5 Å². The summed E-state index contributed by atoms with van der Waals surface area (Å²) < 4.78 is 13.9. The third-order valence-electron chi connectivity index (χ3n) is 4.17. The van der Waals surface area contributed by atoms with Crippen LogP contribution in [0.25, 0.3) is 0 Å². The van der Waals surface area contributed by atoms with Crippen molar-refractivity contribution in [3.05, 3.63) is 71.8 Å². The molecule has 1 aliphatic carbocycles. The lowest BCUT2D eigenvalue weighted by molar-refractivity contribution is 0.200. The number of halogens is 1. The molecule has 21 heavy (non-hydrogen) atoms. The van der Waals surface area contributed by atoms with Crippen molar-refractivity contribution in [2.75, 3.05) is 6.54 Å². The van der Waals surface area contributed by atoms with Gasteiger partial charge in [0, 0.05) is 19.6 Å². The molecule has 2 aromatic rings. The van der Waals surface area contributed by atoms with Gasteiger partial charge in [0.1, 0.15) is 5.67 Å². The second kappa shape index (κ2) is 6.40. The van der Waals surface area contributed by atoms with E-state index in [0.29, 0.717) is 6.42 Å². The molecular weight excluding hydrogens is 261 g/mol. The summed E-state index contributed by atoms with van der Waals surface area (Å²) in [7, 11) is 0. The summed E-state index contributed by atoms with van der Waals surface area (Å²) in [6.07, 6.45) is 2.15. The van der Waals surface area contributed by atoms with Crippen LogP contribution >= 0.6 is 0 Å². The Morgan fingerprint density at radius 2 is 1.29 bits per heavy atom. The molecule has 2 aromatic carbocycles. The van der Waals surface area contributed by atoms with Crippen LogP contribution in [-0.2, 0) is 13.1 Å². The third-order valence-corrected chi connectivity index (χ3v) is 4.17. The molecular formula is C19H22FN. The first-order valence-corrected chi connectivity index (χ1v) is 7.73. The molecule has 0 N–H and O–H groups in total. The minimum absolute atomic E-state index is 0.659. The van der Waals surface area contributed by atoms with Crippen molar-refractivity contribution in [3.63, 3.8) is 0 Å². The summed E-state index contributed by atoms with van der Waals surface area (Å²) in [6.45, 7) is 2.58. The highest BCUT2D eigenvalue weighted by molar-refractivity contribution is 5.17. The molecule has 1 fully saturated rings. The predicted molar refractivity (Wildman–Crippen MR) is 84.7 cm³/mol. The summed E-state index contributed by atoms with van der Waals surface area (Å²) >= 11 is 0. The molecule has 0 amide bonds. The van der Waals surface area contributed by atoms with Crippen LogP contribution in [0.4, 0.5) is 4.39 Å². The first-order chi connectivity index (χ1) is 10.2. The van der Waals surface area contributed by atoms with Gasteiger partial charge in [-0.05, 0) is 30.4 Å². The molecule has 1 aliphatic rings. The molecule has 0 atom stereocenters. The zero-order chi connectivity index (χ0) is 14.5. The number of alkyl halides is 1. The summed E-state index contributed by atoms with van der Waals surface area (Å²) in [5.74, 6) is 0. The Balaban J connectivity index is 1.64. The van der Waals surface area contributed by atoms with E-state index >= 15 is 0 Å². The van der Waals surface area contributed by atoms with Gasteiger partial charge in [0.25, 0.3) is 0 Å². The van der Waals surface area contributed by atoms with Crippen LogP contribution in [0.5, 0.6) is 0 Å². The van der Waals surface area contributed by atoms with E-state index in [1.54, 1.807) is 0 Å². The van der Waals surface area contributed by atoms with Gasteiger partial charge in [-0.3, -0.25) is 4.90 Å². The Morgan fingerprint density at radius 3 is 1.71 bits per heavy atom. The van der Waals surface area contributed by atoms with Crippen LogP contribution in [0.15, 0.2) is 60.7 Å². The zero-order valence-electron chi connectivity index (χ0n) is 12.3. The maximum atomic E-state index is 13.9. The lowest BCUT2D eigenvalue weighted by Crippen LogP contribution is -2.26. The van der Waals surface area contributed by atoms with Gasteiger partial charge in [0.15, 0.2) is 0 Å². The van der Waals surface area contributed by atoms with E-state index in [1.807, 2.05) is 12.1 Å². The van der Waals surface area contributed by atoms with E-state index in [1.165, 1.54) is 11.1 Å². The van der Waals surface area contributed by atoms with Gasteiger partial charge in [0.05, 0.1) is 0 Å². The Labute approximate surface area is 126 Å². The van der Waals surface area contributed by atoms with Crippen LogP contribution in [0.3, 0.4) is 0 Å². The molecule has 0 spiro atoms. The predicted octanol–water partition coefficient (Wildman–Crippen LogP) is 4.58. The van der Waals surface area contributed by atoms with E-state index < -0.39 is 5.67 Å². The number of hydrogen-bond acceptors (Lipinski definition) is 1. The summed E-state index contributed by atoms with van der Waals surface area (Å²) in [5.41, 5.74) is 1.71. The molecule has 0 aromatic heterocycles. The Hall–Kier alpha value is -1.67. The highest BCUT2D eigenvalue weighted by atomic mass is 19.1. The highest BCUT2D eigenvalue weighted by Gasteiger charge is 2.42. The third kappa shape index (κ3) is 4.40. The second-order valence-corrected chi connectivity index (χ2v) is 6.08. The molecule has 0 saturated heterocycles. The summed E-state index contributed by atoms with van der Waals surface area (Å²) in [5, 5.41) is 0. The fourth-order valence-electron chi connectivity index (χ4n) is 2.64. The molecule has 0 heterocycles. The molecule has 1 saturated carbocycles. The molecule has 2 heteroatoms. The van der Waals surface area contributed by atoms with Crippen molar-refractivity contribution >= 4 is 0 Å². The van der Waals surface area contributed by atoms with Crippen molar-refractivity contribution in [1.29, 1.82) is 0 Å². The van der Waals surface area contributed by atoms with E-state index in [-0.39, 0.29) is 0 Å². The first-order valence-electron chi connectivity index (χ1n) is 7.73. The van der Waals surface area contributed by atoms with E-state index in [4.69, 9.17) is 0 Å². The number of benzene rings is 2. The molecule has 0 aliphatic heterocycles. The van der Waals surface area contributed by atoms with Crippen molar-refractivity contribution < 1.29 is 4.39 Å². The minimum Gasteiger partial charge on any atom is -0.295 e. The number of rotatable bonds is 7. The highest BCUT2D eigenvalue weighted by Crippen LogP contribution is 2.43. The van der Waals surface area contributed by atoms with Crippen LogP contribution in [0, 0.1) is 0 Å². The largest absolute Gasteiger partial charge is 0.295 e. The van der Waals surface area contributed by atoms with Gasteiger partial charge in [-0.2, -0.15) is 0 Å². The minimum atomic E-state index is -0.869. The van der Waals surface area contributed by atoms with E-state index in [2.05, 4.69) is 53.4 Å². The maximum Gasteiger partial charge on any atom is 0.112 e. The maximum absolute atomic E-state index is 13.9. The first kappa shape index (κ1) is 14.3. The van der Waals surface area contributed by atoms with Crippen molar-refractivity contribution in [2.45, 2.75) is 38.0 Å². The lowest BCUT2D eigenvalue weighted by atomic mass is 10.1. The van der Waals surface area contributed by atoms with Gasteiger partial charge in [-0.1, -0.05) is 60.7 Å². The van der Waals surface area contributed by atoms with Crippen LogP contribution in [-0.4, -0.2) is 17.1 Å². The van der Waals surface area contributed by atoms with Crippen molar-refractivity contribution in [3.8, 4) is 0 Å². The summed E-state index contributed by atoms with van der Waals surface area (Å²) in [6, 6.07) is 20.9. The quantitative estimate of drug-likeness (QED) is 0.719. The Morgan fingerprint density at radius 1 is 0.810 bits per heavy atom. The van der Waals surface area contributed by atoms with Gasteiger partial charge in [0.2, 0.25) is 0 Å². The fourth-order valence-corrected chi connectivity index (χ4v) is 2.64. The monoisotopic (exact) mass is 283 g/mol. The smallest absolute Gasteiger partial charge is 0.112 e. The molecule has 3 rings (SSSR count). The molecule has 110 valence electrons. The lowest BCUT2D eigenvalue weighted by Gasteiger charge is -2.23. The average Bonchev–Trinajstić information content (AvgIpc) is 3.25. The normalized spacial score (nSPS) is 16.1. The van der Waals surface area contributed by atoms with Crippen molar-refractivity contribution in [2.24, 2.45) is 0 Å². The van der Waals surface area contributed by atoms with E-state index in [9.17, 15) is 4.39 Å². The fraction of sp³-hybridized carbons (Fsp3) is 0.368. The number of nitrogens with zero attached hydrogens (tertiary/aromatic N) is 1. The molecule has 0 unspecified atom stereocenters. The Kier molecular flexibility index (Phi) is 4.35. The standard InChI is InChI=1S/C19H22FN/c20-19(11-12-19)13-14-21(15-17-7-3-1-4-8-17)16-18-9-5-2-6-10-18/h1-10H,11-16H2. The van der Waals surface area contributed by atoms with Crippen LogP contribution in [0.2, 0.25) is 0 Å². The molecule has 0 radical (unpaired) electrons. The average molecular weight is 283 g/mol. The van der Waals surface area contributed by atoms with Crippen LogP contribution < -0.4 is 0 Å². The second-order valence-electron chi connectivity index (χ2n) is 6.08. The van der Waals surface area contributed by atoms with Gasteiger partial charge in [-0.15, -0.1) is 0 Å². The van der Waals surface area contributed by atoms with Gasteiger partial charge in [-0.25, -0.2) is 4.39 Å². The zero-order valence-corrected chi connectivity index (χ0v) is 12.3. The van der Waals surface area contributed by atoms with Gasteiger partial charge < -0.3 is 0 Å². The molecule has 1 nitrogen and oxygen atoms in total. The Bertz CT molecular complexity index is 507. The topological polar surface area (TPSA) is 3.24 Å². The SMILES string of the molecule is FC1(CCN(Cc2ccccc2)Cc2ccccc2)CC1. The molecule has 0 bridgehead atoms. The van der Waals surface area contributed by atoms with Gasteiger partial charge >= 0.3 is 0 Å².